The number of hydrogen-bond donors (Lipinski definition) is 3. The Kier molecular flexibility index (Phi) is 4.93. The smallest absolute Gasteiger partial charge is 0.191 e. The summed E-state index contributed by atoms with van der Waals surface area (Å²) in [7, 11) is 0. The Morgan fingerprint density at radius 1 is 1.27 bits per heavy atom. The van der Waals surface area contributed by atoms with Crippen molar-refractivity contribution < 1.29 is 5.11 Å². The molecule has 1 saturated heterocycles. The van der Waals surface area contributed by atoms with E-state index < -0.39 is 5.60 Å². The van der Waals surface area contributed by atoms with Crippen LogP contribution in [0.4, 0.5) is 0 Å². The van der Waals surface area contributed by atoms with Gasteiger partial charge in [-0.25, -0.2) is 0 Å². The molecule has 1 aliphatic heterocycles. The molecular formula is C17H32N4O. The highest BCUT2D eigenvalue weighted by molar-refractivity contribution is 5.80. The average Bonchev–Trinajstić information content (AvgIpc) is 3.16. The standard InChI is InChI=1S/C17H32N4O/c1-3-18-16(19-12-17(22)8-4-5-9-17)20-15-11-21(10-13(15)2)14-6-7-14/h13-15,22H,3-12H2,1-2H3,(H2,18,19,20). The summed E-state index contributed by atoms with van der Waals surface area (Å²) in [5, 5.41) is 17.4. The van der Waals surface area contributed by atoms with Crippen molar-refractivity contribution in [3.8, 4) is 0 Å². The fourth-order valence-electron chi connectivity index (χ4n) is 3.84. The molecule has 3 aliphatic rings. The first-order valence-corrected chi connectivity index (χ1v) is 9.11. The third-order valence-corrected chi connectivity index (χ3v) is 5.44. The van der Waals surface area contributed by atoms with Crippen LogP contribution in [-0.4, -0.2) is 59.8 Å². The fraction of sp³-hybridized carbons (Fsp3) is 0.941. The second-order valence-corrected chi connectivity index (χ2v) is 7.54. The molecule has 22 heavy (non-hydrogen) atoms. The molecule has 0 radical (unpaired) electrons. The second-order valence-electron chi connectivity index (χ2n) is 7.54. The highest BCUT2D eigenvalue weighted by Gasteiger charge is 2.38. The molecule has 1 heterocycles. The maximum absolute atomic E-state index is 10.5. The molecule has 126 valence electrons. The zero-order valence-corrected chi connectivity index (χ0v) is 14.1. The van der Waals surface area contributed by atoms with E-state index in [1.54, 1.807) is 0 Å². The summed E-state index contributed by atoms with van der Waals surface area (Å²) in [4.78, 5) is 7.30. The van der Waals surface area contributed by atoms with Gasteiger partial charge >= 0.3 is 0 Å². The summed E-state index contributed by atoms with van der Waals surface area (Å²) in [5.74, 6) is 1.52. The third kappa shape index (κ3) is 3.93. The third-order valence-electron chi connectivity index (χ3n) is 5.44. The van der Waals surface area contributed by atoms with E-state index in [0.29, 0.717) is 18.5 Å². The van der Waals surface area contributed by atoms with E-state index in [9.17, 15) is 5.11 Å². The largest absolute Gasteiger partial charge is 0.388 e. The summed E-state index contributed by atoms with van der Waals surface area (Å²) >= 11 is 0. The molecule has 3 N–H and O–H groups in total. The Morgan fingerprint density at radius 2 is 2.00 bits per heavy atom. The van der Waals surface area contributed by atoms with Crippen LogP contribution in [0, 0.1) is 5.92 Å². The van der Waals surface area contributed by atoms with Gasteiger partial charge in [0.15, 0.2) is 5.96 Å². The van der Waals surface area contributed by atoms with Crippen LogP contribution >= 0.6 is 0 Å². The van der Waals surface area contributed by atoms with Crippen LogP contribution < -0.4 is 10.6 Å². The average molecular weight is 308 g/mol. The van der Waals surface area contributed by atoms with Crippen LogP contribution in [-0.2, 0) is 0 Å². The van der Waals surface area contributed by atoms with Crippen molar-refractivity contribution in [1.82, 2.24) is 15.5 Å². The van der Waals surface area contributed by atoms with Crippen LogP contribution in [0.3, 0.4) is 0 Å². The van der Waals surface area contributed by atoms with Crippen molar-refractivity contribution in [3.63, 3.8) is 0 Å². The molecule has 2 saturated carbocycles. The topological polar surface area (TPSA) is 59.9 Å². The fourth-order valence-corrected chi connectivity index (χ4v) is 3.84. The minimum absolute atomic E-state index is 0.469. The van der Waals surface area contributed by atoms with Crippen LogP contribution in [0.25, 0.3) is 0 Å². The van der Waals surface area contributed by atoms with Crippen molar-refractivity contribution in [1.29, 1.82) is 0 Å². The van der Waals surface area contributed by atoms with Crippen molar-refractivity contribution in [3.05, 3.63) is 0 Å². The number of hydrogen-bond acceptors (Lipinski definition) is 3. The summed E-state index contributed by atoms with van der Waals surface area (Å²) < 4.78 is 0. The zero-order valence-electron chi connectivity index (χ0n) is 14.1. The summed E-state index contributed by atoms with van der Waals surface area (Å²) in [6.45, 7) is 8.13. The first-order chi connectivity index (χ1) is 10.6. The van der Waals surface area contributed by atoms with Gasteiger partial charge in [0.25, 0.3) is 0 Å². The molecule has 0 aromatic carbocycles. The molecule has 2 aliphatic carbocycles. The maximum Gasteiger partial charge on any atom is 0.191 e. The van der Waals surface area contributed by atoms with Gasteiger partial charge in [0.05, 0.1) is 12.1 Å². The SMILES string of the molecule is CCNC(=NCC1(O)CCCC1)NC1CN(C2CC2)CC1C. The highest BCUT2D eigenvalue weighted by Crippen LogP contribution is 2.32. The van der Waals surface area contributed by atoms with Crippen LogP contribution in [0.5, 0.6) is 0 Å². The molecule has 5 nitrogen and oxygen atoms in total. The van der Waals surface area contributed by atoms with E-state index in [-0.39, 0.29) is 0 Å². The van der Waals surface area contributed by atoms with Crippen LogP contribution in [0.1, 0.15) is 52.4 Å². The van der Waals surface area contributed by atoms with E-state index in [1.165, 1.54) is 19.4 Å². The monoisotopic (exact) mass is 308 g/mol. The molecule has 3 rings (SSSR count). The second kappa shape index (κ2) is 6.75. The van der Waals surface area contributed by atoms with Crippen molar-refractivity contribution in [2.75, 3.05) is 26.2 Å². The summed E-state index contributed by atoms with van der Waals surface area (Å²) in [6, 6.07) is 1.31. The molecule has 5 heteroatoms. The van der Waals surface area contributed by atoms with E-state index in [0.717, 1.165) is 50.8 Å². The Bertz CT molecular complexity index is 401. The summed E-state index contributed by atoms with van der Waals surface area (Å²) in [6.07, 6.45) is 6.80. The van der Waals surface area contributed by atoms with Gasteiger partial charge in [0.2, 0.25) is 0 Å². The highest BCUT2D eigenvalue weighted by atomic mass is 16.3. The first-order valence-electron chi connectivity index (χ1n) is 9.11. The lowest BCUT2D eigenvalue weighted by Gasteiger charge is -2.23. The number of aliphatic imine (C=N–C) groups is 1. The number of nitrogens with zero attached hydrogens (tertiary/aromatic N) is 2. The number of guanidine groups is 1. The normalized spacial score (nSPS) is 32.4. The molecule has 0 bridgehead atoms. The maximum atomic E-state index is 10.5. The molecule has 3 fully saturated rings. The predicted octanol–water partition coefficient (Wildman–Crippen LogP) is 1.33. The number of aliphatic hydroxyl groups is 1. The van der Waals surface area contributed by atoms with Gasteiger partial charge in [0.1, 0.15) is 0 Å². The van der Waals surface area contributed by atoms with Crippen LogP contribution in [0.2, 0.25) is 0 Å². The lowest BCUT2D eigenvalue weighted by molar-refractivity contribution is 0.0574. The van der Waals surface area contributed by atoms with Crippen molar-refractivity contribution in [2.45, 2.75) is 70.1 Å². The summed E-state index contributed by atoms with van der Waals surface area (Å²) in [5.41, 5.74) is -0.566. The first kappa shape index (κ1) is 16.1. The molecule has 2 atom stereocenters. The van der Waals surface area contributed by atoms with E-state index in [1.807, 2.05) is 0 Å². The molecular weight excluding hydrogens is 276 g/mol. The Balaban J connectivity index is 1.56. The Labute approximate surface area is 134 Å². The molecule has 0 aromatic heterocycles. The van der Waals surface area contributed by atoms with Gasteiger partial charge in [0, 0.05) is 31.7 Å². The lowest BCUT2D eigenvalue weighted by Crippen LogP contribution is -2.47. The lowest BCUT2D eigenvalue weighted by atomic mass is 10.0. The quantitative estimate of drug-likeness (QED) is 0.530. The van der Waals surface area contributed by atoms with Gasteiger partial charge in [-0.15, -0.1) is 0 Å². The van der Waals surface area contributed by atoms with Gasteiger partial charge < -0.3 is 15.7 Å². The number of likely N-dealkylation sites (tertiary alicyclic amines) is 1. The van der Waals surface area contributed by atoms with Crippen LogP contribution in [0.15, 0.2) is 4.99 Å². The Hall–Kier alpha value is -0.810. The van der Waals surface area contributed by atoms with E-state index in [4.69, 9.17) is 0 Å². The van der Waals surface area contributed by atoms with Gasteiger partial charge in [-0.1, -0.05) is 19.8 Å². The minimum atomic E-state index is -0.566. The van der Waals surface area contributed by atoms with Gasteiger partial charge in [-0.05, 0) is 38.5 Å². The van der Waals surface area contributed by atoms with E-state index >= 15 is 0 Å². The minimum Gasteiger partial charge on any atom is -0.388 e. The number of rotatable bonds is 5. The zero-order chi connectivity index (χ0) is 15.6. The molecule has 2 unspecified atom stereocenters. The van der Waals surface area contributed by atoms with Crippen molar-refractivity contribution in [2.24, 2.45) is 10.9 Å². The van der Waals surface area contributed by atoms with Crippen molar-refractivity contribution >= 4 is 5.96 Å². The number of nitrogens with one attached hydrogen (secondary N) is 2. The predicted molar refractivity (Wildman–Crippen MR) is 90.1 cm³/mol. The van der Waals surface area contributed by atoms with Gasteiger partial charge in [-0.3, -0.25) is 9.89 Å². The molecule has 0 spiro atoms. The molecule has 0 aromatic rings. The van der Waals surface area contributed by atoms with Gasteiger partial charge in [-0.2, -0.15) is 0 Å². The molecule has 0 amide bonds. The Morgan fingerprint density at radius 3 is 2.64 bits per heavy atom. The van der Waals surface area contributed by atoms with E-state index in [2.05, 4.69) is 34.4 Å².